The number of nitro benzene ring substituents is 1. The highest BCUT2D eigenvalue weighted by molar-refractivity contribution is 7.90. The standard InChI is InChI=1S/C21H19N5O4S2/c1-32(29,30)14-8-9-17(18(13-14)26(27)28)22-10-11-23-20-15-5-2-3-6-16(15)24-21(25-20)19-7-4-12-31-19/h2-9,12-13,22H,10-11H2,1H3,(H,23,24,25). The second-order valence-electron chi connectivity index (χ2n) is 6.95. The van der Waals surface area contributed by atoms with Crippen molar-refractivity contribution in [1.29, 1.82) is 0 Å². The molecule has 0 fully saturated rings. The van der Waals surface area contributed by atoms with Crippen molar-refractivity contribution in [2.24, 2.45) is 0 Å². The summed E-state index contributed by atoms with van der Waals surface area (Å²) in [6.07, 6.45) is 1.01. The minimum atomic E-state index is -3.54. The van der Waals surface area contributed by atoms with Crippen molar-refractivity contribution in [3.8, 4) is 10.7 Å². The van der Waals surface area contributed by atoms with Crippen LogP contribution in [0.3, 0.4) is 0 Å². The third kappa shape index (κ3) is 4.68. The molecule has 2 aromatic heterocycles. The number of sulfone groups is 1. The Labute approximate surface area is 188 Å². The van der Waals surface area contributed by atoms with Crippen molar-refractivity contribution in [2.75, 3.05) is 30.0 Å². The van der Waals surface area contributed by atoms with E-state index >= 15 is 0 Å². The van der Waals surface area contributed by atoms with Crippen molar-refractivity contribution < 1.29 is 13.3 Å². The van der Waals surface area contributed by atoms with Gasteiger partial charge in [0, 0.05) is 30.8 Å². The van der Waals surface area contributed by atoms with Crippen LogP contribution in [0.15, 0.2) is 64.9 Å². The molecule has 0 radical (unpaired) electrons. The van der Waals surface area contributed by atoms with Gasteiger partial charge in [-0.2, -0.15) is 0 Å². The maximum absolute atomic E-state index is 11.7. The van der Waals surface area contributed by atoms with Gasteiger partial charge in [-0.3, -0.25) is 10.1 Å². The molecule has 2 aromatic carbocycles. The van der Waals surface area contributed by atoms with Gasteiger partial charge < -0.3 is 10.6 Å². The molecule has 32 heavy (non-hydrogen) atoms. The summed E-state index contributed by atoms with van der Waals surface area (Å²) in [4.78, 5) is 20.9. The van der Waals surface area contributed by atoms with Crippen LogP contribution in [0.4, 0.5) is 17.2 Å². The number of nitro groups is 1. The Bertz CT molecular complexity index is 1390. The summed E-state index contributed by atoms with van der Waals surface area (Å²) in [7, 11) is -3.54. The molecule has 0 spiro atoms. The highest BCUT2D eigenvalue weighted by Crippen LogP contribution is 2.29. The zero-order chi connectivity index (χ0) is 22.7. The van der Waals surface area contributed by atoms with E-state index in [4.69, 9.17) is 0 Å². The summed E-state index contributed by atoms with van der Waals surface area (Å²) in [5.41, 5.74) is 0.768. The largest absolute Gasteiger partial charge is 0.378 e. The van der Waals surface area contributed by atoms with Gasteiger partial charge in [0.1, 0.15) is 11.5 Å². The van der Waals surface area contributed by atoms with Gasteiger partial charge in [0.05, 0.1) is 20.2 Å². The Hall–Kier alpha value is -3.57. The highest BCUT2D eigenvalue weighted by atomic mass is 32.2. The number of nitrogens with zero attached hydrogens (tertiary/aromatic N) is 3. The van der Waals surface area contributed by atoms with Crippen LogP contribution in [0.25, 0.3) is 21.6 Å². The van der Waals surface area contributed by atoms with Crippen LogP contribution in [-0.4, -0.2) is 42.7 Å². The number of rotatable bonds is 8. The van der Waals surface area contributed by atoms with Gasteiger partial charge in [-0.15, -0.1) is 11.3 Å². The lowest BCUT2D eigenvalue weighted by atomic mass is 10.2. The average Bonchev–Trinajstić information content (AvgIpc) is 3.30. The molecule has 2 heterocycles. The Kier molecular flexibility index (Phi) is 6.01. The zero-order valence-electron chi connectivity index (χ0n) is 17.0. The first kappa shape index (κ1) is 21.7. The van der Waals surface area contributed by atoms with E-state index in [1.807, 2.05) is 41.8 Å². The van der Waals surface area contributed by atoms with E-state index in [-0.39, 0.29) is 16.3 Å². The molecule has 4 rings (SSSR count). The van der Waals surface area contributed by atoms with E-state index in [1.165, 1.54) is 12.1 Å². The number of para-hydroxylation sites is 1. The minimum absolute atomic E-state index is 0.0959. The molecule has 0 bridgehead atoms. The Morgan fingerprint density at radius 3 is 2.53 bits per heavy atom. The number of hydrogen-bond acceptors (Lipinski definition) is 9. The van der Waals surface area contributed by atoms with Crippen molar-refractivity contribution in [1.82, 2.24) is 9.97 Å². The monoisotopic (exact) mass is 469 g/mol. The number of benzene rings is 2. The second-order valence-corrected chi connectivity index (χ2v) is 9.92. The zero-order valence-corrected chi connectivity index (χ0v) is 18.6. The van der Waals surface area contributed by atoms with Gasteiger partial charge >= 0.3 is 0 Å². The van der Waals surface area contributed by atoms with Crippen molar-refractivity contribution in [3.05, 3.63) is 70.1 Å². The summed E-state index contributed by atoms with van der Waals surface area (Å²) in [6, 6.07) is 15.4. The maximum atomic E-state index is 11.7. The van der Waals surface area contributed by atoms with Crippen molar-refractivity contribution >= 4 is 49.3 Å². The minimum Gasteiger partial charge on any atom is -0.378 e. The van der Waals surface area contributed by atoms with Crippen LogP contribution in [0.1, 0.15) is 0 Å². The first-order valence-corrected chi connectivity index (χ1v) is 12.4. The molecule has 0 amide bonds. The molecule has 11 heteroatoms. The number of hydrogen-bond donors (Lipinski definition) is 2. The fourth-order valence-corrected chi connectivity index (χ4v) is 4.45. The quantitative estimate of drug-likeness (QED) is 0.223. The number of fused-ring (bicyclic) bond motifs is 1. The van der Waals surface area contributed by atoms with E-state index in [2.05, 4.69) is 20.6 Å². The molecule has 0 aliphatic rings. The molecule has 9 nitrogen and oxygen atoms in total. The van der Waals surface area contributed by atoms with E-state index in [0.717, 1.165) is 28.1 Å². The van der Waals surface area contributed by atoms with Crippen LogP contribution >= 0.6 is 11.3 Å². The fourth-order valence-electron chi connectivity index (χ4n) is 3.15. The molecule has 2 N–H and O–H groups in total. The Balaban J connectivity index is 1.51. The molecule has 0 unspecified atom stereocenters. The molecular weight excluding hydrogens is 450 g/mol. The van der Waals surface area contributed by atoms with Gasteiger partial charge in [0.2, 0.25) is 0 Å². The van der Waals surface area contributed by atoms with Gasteiger partial charge in [0.25, 0.3) is 5.69 Å². The van der Waals surface area contributed by atoms with E-state index in [0.29, 0.717) is 24.7 Å². The van der Waals surface area contributed by atoms with E-state index < -0.39 is 14.8 Å². The van der Waals surface area contributed by atoms with Gasteiger partial charge in [-0.05, 0) is 35.7 Å². The van der Waals surface area contributed by atoms with Crippen molar-refractivity contribution in [3.63, 3.8) is 0 Å². The summed E-state index contributed by atoms with van der Waals surface area (Å²) in [6.45, 7) is 0.779. The fraction of sp³-hybridized carbons (Fsp3) is 0.143. The molecule has 0 atom stereocenters. The Morgan fingerprint density at radius 1 is 1.03 bits per heavy atom. The van der Waals surface area contributed by atoms with Gasteiger partial charge in [-0.25, -0.2) is 18.4 Å². The summed E-state index contributed by atoms with van der Waals surface area (Å²) in [5, 5.41) is 20.5. The number of aromatic nitrogens is 2. The van der Waals surface area contributed by atoms with Crippen LogP contribution < -0.4 is 10.6 Å². The van der Waals surface area contributed by atoms with Crippen molar-refractivity contribution in [2.45, 2.75) is 4.90 Å². The predicted octanol–water partition coefficient (Wildman–Crippen LogP) is 4.19. The Morgan fingerprint density at radius 2 is 1.81 bits per heavy atom. The lowest BCUT2D eigenvalue weighted by molar-refractivity contribution is -0.384. The first-order chi connectivity index (χ1) is 15.3. The lowest BCUT2D eigenvalue weighted by Gasteiger charge is -2.12. The predicted molar refractivity (Wildman–Crippen MR) is 126 cm³/mol. The molecule has 164 valence electrons. The maximum Gasteiger partial charge on any atom is 0.293 e. The summed E-state index contributed by atoms with van der Waals surface area (Å²) < 4.78 is 23.4. The van der Waals surface area contributed by atoms with Gasteiger partial charge in [-0.1, -0.05) is 18.2 Å². The molecule has 0 aliphatic heterocycles. The number of anilines is 2. The number of thiophene rings is 1. The third-order valence-corrected chi connectivity index (χ3v) is 6.65. The van der Waals surface area contributed by atoms with Crippen LogP contribution in [0.2, 0.25) is 0 Å². The lowest BCUT2D eigenvalue weighted by Crippen LogP contribution is -2.16. The molecule has 0 aliphatic carbocycles. The molecule has 0 saturated heterocycles. The third-order valence-electron chi connectivity index (χ3n) is 4.67. The van der Waals surface area contributed by atoms with Crippen LogP contribution in [0, 0.1) is 10.1 Å². The SMILES string of the molecule is CS(=O)(=O)c1ccc(NCCNc2nc(-c3cccs3)nc3ccccc23)c([N+](=O)[O-])c1. The molecule has 0 saturated carbocycles. The van der Waals surface area contributed by atoms with Crippen LogP contribution in [-0.2, 0) is 9.84 Å². The summed E-state index contributed by atoms with van der Waals surface area (Å²) in [5.74, 6) is 1.30. The van der Waals surface area contributed by atoms with Gasteiger partial charge in [0.15, 0.2) is 15.7 Å². The second kappa shape index (κ2) is 8.89. The van der Waals surface area contributed by atoms with E-state index in [1.54, 1.807) is 11.3 Å². The average molecular weight is 470 g/mol. The topological polar surface area (TPSA) is 127 Å². The van der Waals surface area contributed by atoms with E-state index in [9.17, 15) is 18.5 Å². The molecule has 4 aromatic rings. The normalized spacial score (nSPS) is 11.4. The molecular formula is C21H19N5O4S2. The van der Waals surface area contributed by atoms with Crippen LogP contribution in [0.5, 0.6) is 0 Å². The highest BCUT2D eigenvalue weighted by Gasteiger charge is 2.18. The first-order valence-electron chi connectivity index (χ1n) is 9.60. The number of nitrogens with one attached hydrogen (secondary N) is 2. The summed E-state index contributed by atoms with van der Waals surface area (Å²) >= 11 is 1.55. The smallest absolute Gasteiger partial charge is 0.293 e.